The first-order valence-corrected chi connectivity index (χ1v) is 7.44. The van der Waals surface area contributed by atoms with Crippen LogP contribution in [0.4, 0.5) is 0 Å². The van der Waals surface area contributed by atoms with Crippen molar-refractivity contribution < 1.29 is 8.42 Å². The van der Waals surface area contributed by atoms with Gasteiger partial charge in [-0.2, -0.15) is 5.10 Å². The summed E-state index contributed by atoms with van der Waals surface area (Å²) in [5.41, 5.74) is 1.99. The van der Waals surface area contributed by atoms with E-state index < -0.39 is 10.0 Å². The predicted octanol–water partition coefficient (Wildman–Crippen LogP) is 0.183. The zero-order valence-electron chi connectivity index (χ0n) is 11.2. The van der Waals surface area contributed by atoms with Crippen LogP contribution in [-0.2, 0) is 30.0 Å². The highest BCUT2D eigenvalue weighted by Gasteiger charge is 2.15. The molecule has 0 aliphatic carbocycles. The van der Waals surface area contributed by atoms with E-state index in [2.05, 4.69) is 10.1 Å². The van der Waals surface area contributed by atoms with Gasteiger partial charge in [0, 0.05) is 13.2 Å². The smallest absolute Gasteiger partial charge is 0.257 e. The topological polar surface area (TPSA) is 95.8 Å². The van der Waals surface area contributed by atoms with E-state index in [9.17, 15) is 8.42 Å². The zero-order chi connectivity index (χ0) is 14.2. The van der Waals surface area contributed by atoms with Crippen molar-refractivity contribution in [1.29, 1.82) is 0 Å². The van der Waals surface area contributed by atoms with Gasteiger partial charge >= 0.3 is 0 Å². The summed E-state index contributed by atoms with van der Waals surface area (Å²) in [4.78, 5) is 3.96. The van der Waals surface area contributed by atoms with Gasteiger partial charge in [-0.1, -0.05) is 6.92 Å². The van der Waals surface area contributed by atoms with Crippen LogP contribution in [-0.4, -0.2) is 27.7 Å². The van der Waals surface area contributed by atoms with Crippen molar-refractivity contribution in [1.82, 2.24) is 19.3 Å². The minimum absolute atomic E-state index is 0.108. The Morgan fingerprint density at radius 1 is 1.42 bits per heavy atom. The summed E-state index contributed by atoms with van der Waals surface area (Å²) >= 11 is 0. The molecule has 0 radical (unpaired) electrons. The summed E-state index contributed by atoms with van der Waals surface area (Å²) in [7, 11) is -1.90. The highest BCUT2D eigenvalue weighted by atomic mass is 32.2. The number of rotatable bonds is 4. The van der Waals surface area contributed by atoms with E-state index in [4.69, 9.17) is 5.14 Å². The Labute approximate surface area is 112 Å². The molecule has 0 spiro atoms. The third-order valence-corrected chi connectivity index (χ3v) is 3.75. The Hall–Kier alpha value is -1.67. The van der Waals surface area contributed by atoms with Crippen molar-refractivity contribution in [2.75, 3.05) is 0 Å². The molecule has 8 heteroatoms. The Bertz CT molecular complexity index is 699. The molecule has 0 saturated heterocycles. The molecule has 2 N–H and O–H groups in total. The summed E-state index contributed by atoms with van der Waals surface area (Å²) in [5, 5.41) is 9.31. The first-order chi connectivity index (χ1) is 8.81. The van der Waals surface area contributed by atoms with Crippen molar-refractivity contribution in [3.05, 3.63) is 29.5 Å². The molecule has 0 aliphatic rings. The van der Waals surface area contributed by atoms with E-state index in [1.54, 1.807) is 16.2 Å². The molecule has 2 rings (SSSR count). The van der Waals surface area contributed by atoms with E-state index in [0.29, 0.717) is 12.4 Å². The lowest BCUT2D eigenvalue weighted by Gasteiger charge is -2.04. The molecule has 0 saturated carbocycles. The summed E-state index contributed by atoms with van der Waals surface area (Å²) < 4.78 is 26.0. The number of nitrogens with zero attached hydrogens (tertiary/aromatic N) is 4. The number of aryl methyl sites for hydroxylation is 3. The second kappa shape index (κ2) is 4.78. The van der Waals surface area contributed by atoms with Crippen LogP contribution in [0.25, 0.3) is 0 Å². The second-order valence-corrected chi connectivity index (χ2v) is 5.91. The SMILES string of the molecule is CCc1cc(Cn2cc(S(N)(=O)=O)nc2C)n(C)n1. The molecule has 7 nitrogen and oxygen atoms in total. The van der Waals surface area contributed by atoms with Crippen LogP contribution >= 0.6 is 0 Å². The normalized spacial score (nSPS) is 12.0. The van der Waals surface area contributed by atoms with Gasteiger partial charge in [0.1, 0.15) is 5.82 Å². The molecule has 0 aromatic carbocycles. The highest BCUT2D eigenvalue weighted by Crippen LogP contribution is 2.11. The monoisotopic (exact) mass is 283 g/mol. The lowest BCUT2D eigenvalue weighted by atomic mass is 10.3. The molecule has 2 heterocycles. The number of primary sulfonamides is 1. The standard InChI is InChI=1S/C11H17N5O2S/c1-4-9-5-10(15(3)14-9)6-16-7-11(13-8(16)2)19(12,17)18/h5,7H,4,6H2,1-3H3,(H2,12,17,18). The summed E-state index contributed by atoms with van der Waals surface area (Å²) in [5.74, 6) is 0.600. The van der Waals surface area contributed by atoms with Crippen LogP contribution in [0.2, 0.25) is 0 Å². The molecule has 2 aromatic rings. The molecular formula is C11H17N5O2S. The minimum Gasteiger partial charge on any atom is -0.328 e. The molecule has 0 atom stereocenters. The first kappa shape index (κ1) is 13.8. The van der Waals surface area contributed by atoms with Crippen molar-refractivity contribution in [3.63, 3.8) is 0 Å². The van der Waals surface area contributed by atoms with Gasteiger partial charge in [0.15, 0.2) is 5.03 Å². The molecular weight excluding hydrogens is 266 g/mol. The number of hydrogen-bond donors (Lipinski definition) is 1. The molecule has 19 heavy (non-hydrogen) atoms. The number of aromatic nitrogens is 4. The van der Waals surface area contributed by atoms with Gasteiger partial charge in [0.25, 0.3) is 10.0 Å². The lowest BCUT2D eigenvalue weighted by molar-refractivity contribution is 0.594. The van der Waals surface area contributed by atoms with Gasteiger partial charge in [-0.3, -0.25) is 4.68 Å². The fourth-order valence-corrected chi connectivity index (χ4v) is 2.38. The fourth-order valence-electron chi connectivity index (χ4n) is 1.84. The quantitative estimate of drug-likeness (QED) is 0.866. The maximum Gasteiger partial charge on any atom is 0.257 e. The number of imidazole rings is 1. The number of sulfonamides is 1. The van der Waals surface area contributed by atoms with Gasteiger partial charge in [-0.25, -0.2) is 18.5 Å². The van der Waals surface area contributed by atoms with Gasteiger partial charge in [-0.15, -0.1) is 0 Å². The predicted molar refractivity (Wildman–Crippen MR) is 70.0 cm³/mol. The van der Waals surface area contributed by atoms with Crippen LogP contribution in [0, 0.1) is 6.92 Å². The van der Waals surface area contributed by atoms with Gasteiger partial charge in [0.05, 0.1) is 17.9 Å². The summed E-state index contributed by atoms with van der Waals surface area (Å²) in [6.45, 7) is 4.29. The third-order valence-electron chi connectivity index (χ3n) is 2.97. The summed E-state index contributed by atoms with van der Waals surface area (Å²) in [6.07, 6.45) is 2.31. The van der Waals surface area contributed by atoms with E-state index in [1.807, 2.05) is 20.0 Å². The Kier molecular flexibility index (Phi) is 3.46. The second-order valence-electron chi connectivity index (χ2n) is 4.40. The molecule has 0 bridgehead atoms. The molecule has 0 fully saturated rings. The van der Waals surface area contributed by atoms with E-state index >= 15 is 0 Å². The van der Waals surface area contributed by atoms with Crippen molar-refractivity contribution in [2.45, 2.75) is 31.8 Å². The van der Waals surface area contributed by atoms with Crippen LogP contribution in [0.15, 0.2) is 17.3 Å². The average Bonchev–Trinajstić information content (AvgIpc) is 2.84. The van der Waals surface area contributed by atoms with Gasteiger partial charge in [-0.05, 0) is 19.4 Å². The van der Waals surface area contributed by atoms with E-state index in [1.165, 1.54) is 6.20 Å². The Morgan fingerprint density at radius 2 is 2.11 bits per heavy atom. The summed E-state index contributed by atoms with van der Waals surface area (Å²) in [6, 6.07) is 2.00. The van der Waals surface area contributed by atoms with E-state index in [0.717, 1.165) is 17.8 Å². The molecule has 0 amide bonds. The Morgan fingerprint density at radius 3 is 2.58 bits per heavy atom. The van der Waals surface area contributed by atoms with Crippen molar-refractivity contribution in [2.24, 2.45) is 12.2 Å². The van der Waals surface area contributed by atoms with Crippen LogP contribution < -0.4 is 5.14 Å². The van der Waals surface area contributed by atoms with E-state index in [-0.39, 0.29) is 5.03 Å². The average molecular weight is 283 g/mol. The van der Waals surface area contributed by atoms with Crippen molar-refractivity contribution >= 4 is 10.0 Å². The Balaban J connectivity index is 2.33. The van der Waals surface area contributed by atoms with Gasteiger partial charge < -0.3 is 4.57 Å². The highest BCUT2D eigenvalue weighted by molar-refractivity contribution is 7.89. The number of nitrogens with two attached hydrogens (primary N) is 1. The first-order valence-electron chi connectivity index (χ1n) is 5.89. The zero-order valence-corrected chi connectivity index (χ0v) is 12.0. The molecule has 104 valence electrons. The van der Waals surface area contributed by atoms with Gasteiger partial charge in [0.2, 0.25) is 0 Å². The number of hydrogen-bond acceptors (Lipinski definition) is 4. The maximum absolute atomic E-state index is 11.3. The maximum atomic E-state index is 11.3. The van der Waals surface area contributed by atoms with Crippen LogP contribution in [0.5, 0.6) is 0 Å². The molecule has 2 aromatic heterocycles. The minimum atomic E-state index is -3.76. The molecule has 0 aliphatic heterocycles. The lowest BCUT2D eigenvalue weighted by Crippen LogP contribution is -2.12. The van der Waals surface area contributed by atoms with Crippen molar-refractivity contribution in [3.8, 4) is 0 Å². The van der Waals surface area contributed by atoms with Crippen LogP contribution in [0.3, 0.4) is 0 Å². The molecule has 0 unspecified atom stereocenters. The third kappa shape index (κ3) is 2.85. The fraction of sp³-hybridized carbons (Fsp3) is 0.455. The largest absolute Gasteiger partial charge is 0.328 e. The van der Waals surface area contributed by atoms with Crippen LogP contribution in [0.1, 0.15) is 24.1 Å².